The van der Waals surface area contributed by atoms with Crippen LogP contribution in [0.25, 0.3) is 0 Å². The number of halogens is 2. The molecule has 0 aliphatic rings. The topological polar surface area (TPSA) is 55.5 Å². The lowest BCUT2D eigenvalue weighted by molar-refractivity contribution is 0.178. The maximum atomic E-state index is 10.4. The van der Waals surface area contributed by atoms with Crippen molar-refractivity contribution in [3.05, 3.63) is 56.5 Å². The highest BCUT2D eigenvalue weighted by molar-refractivity contribution is 9.10. The van der Waals surface area contributed by atoms with Gasteiger partial charge in [0, 0.05) is 26.6 Å². The standard InChI is InChI=1S/C15H15Br2NO2/c1-20-15-5-3-10(16)6-9(15)7-14(19)12-8-11(17)2-4-13(12)18/h2-6,8,14,19H,7,18H2,1H3. The van der Waals surface area contributed by atoms with E-state index in [1.54, 1.807) is 13.2 Å². The fourth-order valence-corrected chi connectivity index (χ4v) is 2.85. The van der Waals surface area contributed by atoms with Crippen LogP contribution in [0.2, 0.25) is 0 Å². The van der Waals surface area contributed by atoms with E-state index in [2.05, 4.69) is 31.9 Å². The molecule has 2 aromatic rings. The third-order valence-electron chi connectivity index (χ3n) is 3.06. The molecule has 0 bridgehead atoms. The van der Waals surface area contributed by atoms with Gasteiger partial charge >= 0.3 is 0 Å². The van der Waals surface area contributed by atoms with Crippen LogP contribution in [0.4, 0.5) is 5.69 Å². The number of benzene rings is 2. The molecular formula is C15H15Br2NO2. The number of aliphatic hydroxyl groups excluding tert-OH is 1. The number of hydrogen-bond donors (Lipinski definition) is 2. The molecule has 3 N–H and O–H groups in total. The van der Waals surface area contributed by atoms with Gasteiger partial charge in [-0.05, 0) is 42.0 Å². The first-order valence-electron chi connectivity index (χ1n) is 6.06. The van der Waals surface area contributed by atoms with E-state index in [-0.39, 0.29) is 0 Å². The van der Waals surface area contributed by atoms with E-state index in [1.807, 2.05) is 30.3 Å². The van der Waals surface area contributed by atoms with Crippen LogP contribution >= 0.6 is 31.9 Å². The highest BCUT2D eigenvalue weighted by Crippen LogP contribution is 2.31. The van der Waals surface area contributed by atoms with Crippen molar-refractivity contribution in [1.29, 1.82) is 0 Å². The van der Waals surface area contributed by atoms with Crippen molar-refractivity contribution in [3.8, 4) is 5.75 Å². The van der Waals surface area contributed by atoms with Gasteiger partial charge in [-0.25, -0.2) is 0 Å². The Morgan fingerprint density at radius 2 is 1.80 bits per heavy atom. The molecule has 106 valence electrons. The molecule has 1 atom stereocenters. The Morgan fingerprint density at radius 1 is 1.15 bits per heavy atom. The highest BCUT2D eigenvalue weighted by atomic mass is 79.9. The van der Waals surface area contributed by atoms with Crippen LogP contribution in [0.15, 0.2) is 45.3 Å². The fraction of sp³-hybridized carbons (Fsp3) is 0.200. The minimum atomic E-state index is -0.685. The summed E-state index contributed by atoms with van der Waals surface area (Å²) in [5.74, 6) is 0.751. The Bertz CT molecular complexity index is 617. The first-order chi connectivity index (χ1) is 9.51. The summed E-state index contributed by atoms with van der Waals surface area (Å²) in [4.78, 5) is 0. The minimum absolute atomic E-state index is 0.434. The third kappa shape index (κ3) is 3.53. The van der Waals surface area contributed by atoms with Gasteiger partial charge in [0.1, 0.15) is 5.75 Å². The molecule has 2 aromatic carbocycles. The Labute approximate surface area is 135 Å². The Hall–Kier alpha value is -1.04. The number of hydrogen-bond acceptors (Lipinski definition) is 3. The zero-order valence-corrected chi connectivity index (χ0v) is 14.1. The molecule has 0 aliphatic heterocycles. The zero-order valence-electron chi connectivity index (χ0n) is 10.9. The summed E-state index contributed by atoms with van der Waals surface area (Å²) in [6.07, 6.45) is -0.251. The van der Waals surface area contributed by atoms with Gasteiger partial charge in [0.25, 0.3) is 0 Å². The number of nitrogen functional groups attached to an aromatic ring is 1. The van der Waals surface area contributed by atoms with Crippen molar-refractivity contribution >= 4 is 37.5 Å². The summed E-state index contributed by atoms with van der Waals surface area (Å²) in [6.45, 7) is 0. The maximum absolute atomic E-state index is 10.4. The van der Waals surface area contributed by atoms with Crippen LogP contribution in [0.3, 0.4) is 0 Å². The molecule has 2 rings (SSSR count). The molecule has 20 heavy (non-hydrogen) atoms. The molecule has 3 nitrogen and oxygen atoms in total. The number of aliphatic hydroxyl groups is 1. The van der Waals surface area contributed by atoms with Gasteiger partial charge < -0.3 is 15.6 Å². The minimum Gasteiger partial charge on any atom is -0.496 e. The second-order valence-electron chi connectivity index (χ2n) is 4.45. The van der Waals surface area contributed by atoms with Crippen LogP contribution in [0, 0.1) is 0 Å². The summed E-state index contributed by atoms with van der Waals surface area (Å²) in [5.41, 5.74) is 8.14. The Balaban J connectivity index is 2.29. The lowest BCUT2D eigenvalue weighted by Gasteiger charge is -2.16. The number of methoxy groups -OCH3 is 1. The van der Waals surface area contributed by atoms with Gasteiger partial charge in [-0.15, -0.1) is 0 Å². The third-order valence-corrected chi connectivity index (χ3v) is 4.05. The average molecular weight is 401 g/mol. The predicted molar refractivity (Wildman–Crippen MR) is 87.9 cm³/mol. The van der Waals surface area contributed by atoms with Gasteiger partial charge in [-0.2, -0.15) is 0 Å². The first kappa shape index (κ1) is 15.4. The van der Waals surface area contributed by atoms with Crippen LogP contribution in [0.5, 0.6) is 5.75 Å². The summed E-state index contributed by atoms with van der Waals surface area (Å²) in [7, 11) is 1.62. The van der Waals surface area contributed by atoms with E-state index in [4.69, 9.17) is 10.5 Å². The number of anilines is 1. The van der Waals surface area contributed by atoms with Gasteiger partial charge in [-0.3, -0.25) is 0 Å². The normalized spacial score (nSPS) is 12.2. The van der Waals surface area contributed by atoms with E-state index in [0.29, 0.717) is 17.7 Å². The van der Waals surface area contributed by atoms with Gasteiger partial charge in [0.15, 0.2) is 0 Å². The molecule has 0 heterocycles. The monoisotopic (exact) mass is 399 g/mol. The van der Waals surface area contributed by atoms with Crippen molar-refractivity contribution in [2.24, 2.45) is 0 Å². The molecule has 0 saturated heterocycles. The van der Waals surface area contributed by atoms with E-state index >= 15 is 0 Å². The van der Waals surface area contributed by atoms with Crippen molar-refractivity contribution in [1.82, 2.24) is 0 Å². The summed E-state index contributed by atoms with van der Waals surface area (Å²) >= 11 is 6.82. The largest absolute Gasteiger partial charge is 0.496 e. The first-order valence-corrected chi connectivity index (χ1v) is 7.65. The number of nitrogens with two attached hydrogens (primary N) is 1. The van der Waals surface area contributed by atoms with Crippen molar-refractivity contribution in [2.45, 2.75) is 12.5 Å². The molecule has 0 spiro atoms. The predicted octanol–water partition coefficient (Wildman–Crippen LogP) is 4.08. The quantitative estimate of drug-likeness (QED) is 0.760. The number of ether oxygens (including phenoxy) is 1. The van der Waals surface area contributed by atoms with E-state index in [9.17, 15) is 5.11 Å². The fourth-order valence-electron chi connectivity index (χ4n) is 2.06. The molecule has 5 heteroatoms. The van der Waals surface area contributed by atoms with E-state index in [0.717, 1.165) is 20.3 Å². The molecule has 0 aliphatic carbocycles. The SMILES string of the molecule is COc1ccc(Br)cc1CC(O)c1cc(Br)ccc1N. The van der Waals surface area contributed by atoms with Gasteiger partial charge in [0.05, 0.1) is 13.2 Å². The zero-order chi connectivity index (χ0) is 14.7. The Morgan fingerprint density at radius 3 is 2.50 bits per heavy atom. The molecule has 1 unspecified atom stereocenters. The van der Waals surface area contributed by atoms with Gasteiger partial charge in [-0.1, -0.05) is 31.9 Å². The van der Waals surface area contributed by atoms with Gasteiger partial charge in [0.2, 0.25) is 0 Å². The summed E-state index contributed by atoms with van der Waals surface area (Å²) in [6, 6.07) is 11.2. The van der Waals surface area contributed by atoms with Crippen LogP contribution in [-0.2, 0) is 6.42 Å². The van der Waals surface area contributed by atoms with E-state index < -0.39 is 6.10 Å². The molecule has 0 radical (unpaired) electrons. The second kappa shape index (κ2) is 6.61. The van der Waals surface area contributed by atoms with E-state index in [1.165, 1.54) is 0 Å². The van der Waals surface area contributed by atoms with Crippen molar-refractivity contribution < 1.29 is 9.84 Å². The molecule has 0 aromatic heterocycles. The molecule has 0 saturated carbocycles. The smallest absolute Gasteiger partial charge is 0.122 e. The summed E-state index contributed by atoms with van der Waals surface area (Å²) in [5, 5.41) is 10.4. The number of rotatable bonds is 4. The molecular weight excluding hydrogens is 386 g/mol. The average Bonchev–Trinajstić information content (AvgIpc) is 2.41. The summed E-state index contributed by atoms with van der Waals surface area (Å²) < 4.78 is 7.16. The molecule has 0 amide bonds. The van der Waals surface area contributed by atoms with Crippen LogP contribution in [0.1, 0.15) is 17.2 Å². The van der Waals surface area contributed by atoms with Crippen molar-refractivity contribution in [3.63, 3.8) is 0 Å². The lowest BCUT2D eigenvalue weighted by atomic mass is 9.99. The maximum Gasteiger partial charge on any atom is 0.122 e. The lowest BCUT2D eigenvalue weighted by Crippen LogP contribution is -2.06. The van der Waals surface area contributed by atoms with Crippen molar-refractivity contribution in [2.75, 3.05) is 12.8 Å². The second-order valence-corrected chi connectivity index (χ2v) is 6.28. The van der Waals surface area contributed by atoms with Crippen LogP contribution in [-0.4, -0.2) is 12.2 Å². The Kier molecular flexibility index (Phi) is 5.07. The van der Waals surface area contributed by atoms with Crippen LogP contribution < -0.4 is 10.5 Å². The highest BCUT2D eigenvalue weighted by Gasteiger charge is 2.15. The molecule has 0 fully saturated rings.